The molecular formula is C17H29N3O. The summed E-state index contributed by atoms with van der Waals surface area (Å²) in [5.74, 6) is 0.396. The van der Waals surface area contributed by atoms with E-state index in [0.717, 1.165) is 44.0 Å². The lowest BCUT2D eigenvalue weighted by Gasteiger charge is -2.22. The molecule has 1 aromatic rings. The van der Waals surface area contributed by atoms with E-state index in [1.165, 1.54) is 25.9 Å². The van der Waals surface area contributed by atoms with E-state index < -0.39 is 0 Å². The Morgan fingerprint density at radius 1 is 1.19 bits per heavy atom. The largest absolute Gasteiger partial charge is 0.508 e. The van der Waals surface area contributed by atoms with Crippen LogP contribution in [0.4, 0.5) is 5.69 Å². The van der Waals surface area contributed by atoms with Crippen LogP contribution in [0.2, 0.25) is 0 Å². The zero-order chi connectivity index (χ0) is 15.1. The van der Waals surface area contributed by atoms with Crippen LogP contribution >= 0.6 is 0 Å². The lowest BCUT2D eigenvalue weighted by Crippen LogP contribution is -2.29. The van der Waals surface area contributed by atoms with Crippen LogP contribution in [-0.2, 0) is 6.54 Å². The third-order valence-electron chi connectivity index (χ3n) is 4.32. The van der Waals surface area contributed by atoms with Crippen LogP contribution in [0.5, 0.6) is 5.75 Å². The number of hydrogen-bond donors (Lipinski definition) is 2. The molecule has 0 saturated carbocycles. The third-order valence-corrected chi connectivity index (χ3v) is 4.32. The quantitative estimate of drug-likeness (QED) is 0.722. The highest BCUT2D eigenvalue weighted by atomic mass is 16.3. The number of phenols is 1. The molecule has 1 fully saturated rings. The van der Waals surface area contributed by atoms with E-state index >= 15 is 0 Å². The van der Waals surface area contributed by atoms with Gasteiger partial charge in [0.05, 0.1) is 0 Å². The van der Waals surface area contributed by atoms with E-state index in [-0.39, 0.29) is 0 Å². The number of aromatic hydroxyl groups is 1. The molecule has 4 heteroatoms. The summed E-state index contributed by atoms with van der Waals surface area (Å²) in [6.45, 7) is 11.5. The predicted octanol–water partition coefficient (Wildman–Crippen LogP) is 2.42. The Bertz CT molecular complexity index is 426. The summed E-state index contributed by atoms with van der Waals surface area (Å²) in [4.78, 5) is 4.74. The summed E-state index contributed by atoms with van der Waals surface area (Å²) in [6, 6.07) is 6.01. The lowest BCUT2D eigenvalue weighted by molar-refractivity contribution is 0.335. The molecule has 1 aliphatic rings. The predicted molar refractivity (Wildman–Crippen MR) is 89.0 cm³/mol. The Labute approximate surface area is 128 Å². The monoisotopic (exact) mass is 291 g/mol. The number of rotatable bonds is 8. The van der Waals surface area contributed by atoms with Crippen molar-refractivity contribution in [3.05, 3.63) is 23.8 Å². The first kappa shape index (κ1) is 16.1. The molecule has 0 radical (unpaired) electrons. The van der Waals surface area contributed by atoms with Crippen LogP contribution in [0.3, 0.4) is 0 Å². The highest BCUT2D eigenvalue weighted by Gasteiger charge is 2.10. The van der Waals surface area contributed by atoms with E-state index in [1.807, 2.05) is 12.1 Å². The molecule has 0 bridgehead atoms. The van der Waals surface area contributed by atoms with Crippen molar-refractivity contribution in [1.82, 2.24) is 10.2 Å². The molecule has 2 rings (SSSR count). The van der Waals surface area contributed by atoms with Crippen LogP contribution < -0.4 is 10.2 Å². The van der Waals surface area contributed by atoms with E-state index in [2.05, 4.69) is 35.0 Å². The molecule has 118 valence electrons. The number of likely N-dealkylation sites (tertiary alicyclic amines) is 1. The van der Waals surface area contributed by atoms with Gasteiger partial charge in [-0.05, 0) is 45.8 Å². The van der Waals surface area contributed by atoms with Crippen molar-refractivity contribution in [1.29, 1.82) is 0 Å². The van der Waals surface area contributed by atoms with Crippen molar-refractivity contribution in [3.8, 4) is 5.75 Å². The highest BCUT2D eigenvalue weighted by molar-refractivity contribution is 5.53. The highest BCUT2D eigenvalue weighted by Crippen LogP contribution is 2.24. The molecule has 0 spiro atoms. The molecular weight excluding hydrogens is 262 g/mol. The van der Waals surface area contributed by atoms with Crippen LogP contribution in [0.1, 0.15) is 32.3 Å². The fourth-order valence-corrected chi connectivity index (χ4v) is 2.95. The Morgan fingerprint density at radius 3 is 2.52 bits per heavy atom. The maximum atomic E-state index is 10.2. The van der Waals surface area contributed by atoms with Crippen molar-refractivity contribution in [3.63, 3.8) is 0 Å². The van der Waals surface area contributed by atoms with Gasteiger partial charge in [-0.1, -0.05) is 6.07 Å². The maximum absolute atomic E-state index is 10.2. The third kappa shape index (κ3) is 4.61. The molecule has 0 aromatic heterocycles. The van der Waals surface area contributed by atoms with E-state index in [4.69, 9.17) is 0 Å². The molecule has 1 aliphatic heterocycles. The van der Waals surface area contributed by atoms with Gasteiger partial charge in [0, 0.05) is 50.0 Å². The summed E-state index contributed by atoms with van der Waals surface area (Å²) < 4.78 is 0. The minimum Gasteiger partial charge on any atom is -0.508 e. The minimum absolute atomic E-state index is 0.396. The summed E-state index contributed by atoms with van der Waals surface area (Å²) >= 11 is 0. The Morgan fingerprint density at radius 2 is 1.90 bits per heavy atom. The maximum Gasteiger partial charge on any atom is 0.122 e. The second kappa shape index (κ2) is 8.25. The van der Waals surface area contributed by atoms with Crippen molar-refractivity contribution < 1.29 is 5.11 Å². The van der Waals surface area contributed by atoms with Gasteiger partial charge in [-0.25, -0.2) is 0 Å². The second-order valence-corrected chi connectivity index (χ2v) is 5.71. The van der Waals surface area contributed by atoms with Crippen LogP contribution in [0.25, 0.3) is 0 Å². The van der Waals surface area contributed by atoms with Crippen LogP contribution in [-0.4, -0.2) is 49.3 Å². The summed E-state index contributed by atoms with van der Waals surface area (Å²) in [5.41, 5.74) is 2.07. The first-order chi connectivity index (χ1) is 10.2. The number of hydrogen-bond acceptors (Lipinski definition) is 4. The normalized spacial score (nSPS) is 15.5. The number of nitrogens with one attached hydrogen (secondary N) is 1. The molecule has 21 heavy (non-hydrogen) atoms. The van der Waals surface area contributed by atoms with Gasteiger partial charge in [0.15, 0.2) is 0 Å². The smallest absolute Gasteiger partial charge is 0.122 e. The zero-order valence-corrected chi connectivity index (χ0v) is 13.4. The van der Waals surface area contributed by atoms with Crippen molar-refractivity contribution in [2.24, 2.45) is 0 Å². The van der Waals surface area contributed by atoms with Gasteiger partial charge in [-0.3, -0.25) is 0 Å². The van der Waals surface area contributed by atoms with Crippen LogP contribution in [0, 0.1) is 0 Å². The molecule has 0 aliphatic carbocycles. The fraction of sp³-hybridized carbons (Fsp3) is 0.647. The molecule has 1 aromatic carbocycles. The van der Waals surface area contributed by atoms with Gasteiger partial charge in [-0.15, -0.1) is 0 Å². The standard InChI is InChI=1S/C17H29N3O/c1-3-20(4-2)16-8-7-15(17(21)13-16)14-18-9-12-19-10-5-6-11-19/h7-8,13,18,21H,3-6,9-12,14H2,1-2H3. The number of anilines is 1. The Hall–Kier alpha value is -1.26. The Kier molecular flexibility index (Phi) is 6.33. The van der Waals surface area contributed by atoms with Gasteiger partial charge in [-0.2, -0.15) is 0 Å². The minimum atomic E-state index is 0.396. The average Bonchev–Trinajstić information content (AvgIpc) is 3.00. The molecule has 0 amide bonds. The zero-order valence-electron chi connectivity index (χ0n) is 13.4. The Balaban J connectivity index is 1.80. The van der Waals surface area contributed by atoms with Gasteiger partial charge in [0.25, 0.3) is 0 Å². The fourth-order valence-electron chi connectivity index (χ4n) is 2.95. The van der Waals surface area contributed by atoms with E-state index in [9.17, 15) is 5.11 Å². The lowest BCUT2D eigenvalue weighted by atomic mass is 10.1. The molecule has 1 heterocycles. The summed E-state index contributed by atoms with van der Waals surface area (Å²) in [6.07, 6.45) is 2.68. The summed E-state index contributed by atoms with van der Waals surface area (Å²) in [5, 5.41) is 13.6. The SMILES string of the molecule is CCN(CC)c1ccc(CNCCN2CCCC2)c(O)c1. The van der Waals surface area contributed by atoms with Gasteiger partial charge in [0.1, 0.15) is 5.75 Å². The number of nitrogens with zero attached hydrogens (tertiary/aromatic N) is 2. The molecule has 0 atom stereocenters. The van der Waals surface area contributed by atoms with E-state index in [1.54, 1.807) is 0 Å². The van der Waals surface area contributed by atoms with Gasteiger partial charge >= 0.3 is 0 Å². The summed E-state index contributed by atoms with van der Waals surface area (Å²) in [7, 11) is 0. The van der Waals surface area contributed by atoms with Crippen molar-refractivity contribution in [2.45, 2.75) is 33.2 Å². The van der Waals surface area contributed by atoms with Crippen LogP contribution in [0.15, 0.2) is 18.2 Å². The molecule has 0 unspecified atom stereocenters. The topological polar surface area (TPSA) is 38.7 Å². The first-order valence-electron chi connectivity index (χ1n) is 8.24. The molecule has 2 N–H and O–H groups in total. The van der Waals surface area contributed by atoms with E-state index in [0.29, 0.717) is 5.75 Å². The molecule has 4 nitrogen and oxygen atoms in total. The first-order valence-corrected chi connectivity index (χ1v) is 8.24. The van der Waals surface area contributed by atoms with Gasteiger partial charge < -0.3 is 20.2 Å². The number of phenolic OH excluding ortho intramolecular Hbond substituents is 1. The number of benzene rings is 1. The van der Waals surface area contributed by atoms with Crippen molar-refractivity contribution >= 4 is 5.69 Å². The van der Waals surface area contributed by atoms with Crippen molar-refractivity contribution in [2.75, 3.05) is 44.2 Å². The van der Waals surface area contributed by atoms with Gasteiger partial charge in [0.2, 0.25) is 0 Å². The second-order valence-electron chi connectivity index (χ2n) is 5.71. The molecule has 1 saturated heterocycles. The average molecular weight is 291 g/mol.